The molecule has 3 amide bonds. The molecule has 1 atom stereocenters. The Morgan fingerprint density at radius 2 is 2.12 bits per heavy atom. The number of benzene rings is 1. The van der Waals surface area contributed by atoms with E-state index < -0.39 is 0 Å². The topological polar surface area (TPSA) is 66.4 Å². The SMILES string of the molecule is CN(C)C(=O)Cn1ccc2cc(NC(=O)N[C@@H]3C=CCCC3)ccc21. The molecule has 0 aliphatic heterocycles. The van der Waals surface area contributed by atoms with Gasteiger partial charge in [-0.1, -0.05) is 12.2 Å². The van der Waals surface area contributed by atoms with Gasteiger partial charge in [0.2, 0.25) is 5.91 Å². The van der Waals surface area contributed by atoms with Crippen molar-refractivity contribution in [3.05, 3.63) is 42.6 Å². The summed E-state index contributed by atoms with van der Waals surface area (Å²) in [7, 11) is 3.49. The van der Waals surface area contributed by atoms with Gasteiger partial charge in [0, 0.05) is 42.9 Å². The second-order valence-electron chi connectivity index (χ2n) is 6.57. The quantitative estimate of drug-likeness (QED) is 0.841. The first-order valence-electron chi connectivity index (χ1n) is 8.56. The van der Waals surface area contributed by atoms with Crippen molar-refractivity contribution < 1.29 is 9.59 Å². The Morgan fingerprint density at radius 1 is 1.28 bits per heavy atom. The number of nitrogens with one attached hydrogen (secondary N) is 2. The highest BCUT2D eigenvalue weighted by Gasteiger charge is 2.12. The molecule has 6 nitrogen and oxygen atoms in total. The fourth-order valence-electron chi connectivity index (χ4n) is 2.97. The van der Waals surface area contributed by atoms with Crippen molar-refractivity contribution >= 4 is 28.5 Å². The number of fused-ring (bicyclic) bond motifs is 1. The van der Waals surface area contributed by atoms with E-state index in [-0.39, 0.29) is 18.0 Å². The van der Waals surface area contributed by atoms with Crippen LogP contribution in [-0.2, 0) is 11.3 Å². The van der Waals surface area contributed by atoms with Crippen molar-refractivity contribution in [1.29, 1.82) is 0 Å². The summed E-state index contributed by atoms with van der Waals surface area (Å²) in [6, 6.07) is 7.56. The lowest BCUT2D eigenvalue weighted by Gasteiger charge is -2.18. The van der Waals surface area contributed by atoms with Crippen LogP contribution in [0.5, 0.6) is 0 Å². The average Bonchev–Trinajstić information content (AvgIpc) is 2.97. The number of amides is 3. The summed E-state index contributed by atoms with van der Waals surface area (Å²) >= 11 is 0. The molecule has 0 fully saturated rings. The normalized spacial score (nSPS) is 16.6. The number of urea groups is 1. The second kappa shape index (κ2) is 7.42. The van der Waals surface area contributed by atoms with Crippen LogP contribution in [0.4, 0.5) is 10.5 Å². The van der Waals surface area contributed by atoms with Gasteiger partial charge < -0.3 is 20.1 Å². The highest BCUT2D eigenvalue weighted by Crippen LogP contribution is 2.21. The molecule has 0 bridgehead atoms. The smallest absolute Gasteiger partial charge is 0.319 e. The molecule has 2 N–H and O–H groups in total. The third-order valence-corrected chi connectivity index (χ3v) is 4.40. The molecule has 1 aliphatic carbocycles. The summed E-state index contributed by atoms with van der Waals surface area (Å²) < 4.78 is 1.91. The van der Waals surface area contributed by atoms with Crippen molar-refractivity contribution in [2.24, 2.45) is 0 Å². The Balaban J connectivity index is 1.67. The minimum atomic E-state index is -0.196. The van der Waals surface area contributed by atoms with E-state index in [0.717, 1.165) is 35.9 Å². The largest absolute Gasteiger partial charge is 0.347 e. The highest BCUT2D eigenvalue weighted by atomic mass is 16.2. The minimum absolute atomic E-state index is 0.0413. The third kappa shape index (κ3) is 4.21. The van der Waals surface area contributed by atoms with Crippen LogP contribution in [0.1, 0.15) is 19.3 Å². The number of carbonyl (C=O) groups excluding carboxylic acids is 2. The van der Waals surface area contributed by atoms with Gasteiger partial charge in [0.1, 0.15) is 6.54 Å². The molecule has 0 spiro atoms. The third-order valence-electron chi connectivity index (χ3n) is 4.40. The first-order valence-corrected chi connectivity index (χ1v) is 8.56. The molecule has 2 aromatic rings. The van der Waals surface area contributed by atoms with Crippen LogP contribution in [-0.4, -0.2) is 41.5 Å². The van der Waals surface area contributed by atoms with Gasteiger partial charge in [-0.2, -0.15) is 0 Å². The lowest BCUT2D eigenvalue weighted by atomic mass is 10.0. The van der Waals surface area contributed by atoms with Gasteiger partial charge in [0.05, 0.1) is 0 Å². The zero-order chi connectivity index (χ0) is 17.8. The number of hydrogen-bond acceptors (Lipinski definition) is 2. The monoisotopic (exact) mass is 340 g/mol. The summed E-state index contributed by atoms with van der Waals surface area (Å²) in [5.41, 5.74) is 1.71. The molecule has 1 heterocycles. The van der Waals surface area contributed by atoms with Crippen LogP contribution < -0.4 is 10.6 Å². The molecular formula is C19H24N4O2. The van der Waals surface area contributed by atoms with E-state index in [1.54, 1.807) is 19.0 Å². The predicted octanol–water partition coefficient (Wildman–Crippen LogP) is 2.96. The van der Waals surface area contributed by atoms with Gasteiger partial charge in [0.15, 0.2) is 0 Å². The van der Waals surface area contributed by atoms with Crippen molar-refractivity contribution in [3.63, 3.8) is 0 Å². The Bertz CT molecular complexity index is 807. The summed E-state index contributed by atoms with van der Waals surface area (Å²) in [6.45, 7) is 0.303. The first kappa shape index (κ1) is 17.1. The Hall–Kier alpha value is -2.76. The first-order chi connectivity index (χ1) is 12.0. The zero-order valence-corrected chi connectivity index (χ0v) is 14.7. The average molecular weight is 340 g/mol. The predicted molar refractivity (Wildman–Crippen MR) is 99.6 cm³/mol. The summed E-state index contributed by atoms with van der Waals surface area (Å²) in [5.74, 6) is 0.0413. The van der Waals surface area contributed by atoms with E-state index in [2.05, 4.69) is 16.7 Å². The molecule has 1 aliphatic rings. The molecule has 6 heteroatoms. The second-order valence-corrected chi connectivity index (χ2v) is 6.57. The van der Waals surface area contributed by atoms with E-state index in [0.29, 0.717) is 6.54 Å². The maximum Gasteiger partial charge on any atom is 0.319 e. The van der Waals surface area contributed by atoms with Gasteiger partial charge in [-0.25, -0.2) is 4.79 Å². The van der Waals surface area contributed by atoms with Gasteiger partial charge in [-0.15, -0.1) is 0 Å². The fraction of sp³-hybridized carbons (Fsp3) is 0.368. The Kier molecular flexibility index (Phi) is 5.07. The molecule has 25 heavy (non-hydrogen) atoms. The van der Waals surface area contributed by atoms with Crippen molar-refractivity contribution in [2.75, 3.05) is 19.4 Å². The van der Waals surface area contributed by atoms with Crippen LogP contribution in [0.15, 0.2) is 42.6 Å². The molecule has 0 unspecified atom stereocenters. The van der Waals surface area contributed by atoms with Crippen molar-refractivity contribution in [2.45, 2.75) is 31.8 Å². The molecule has 1 aromatic heterocycles. The molecule has 132 valence electrons. The summed E-state index contributed by atoms with van der Waals surface area (Å²) in [4.78, 5) is 25.6. The van der Waals surface area contributed by atoms with E-state index in [9.17, 15) is 9.59 Å². The molecule has 0 radical (unpaired) electrons. The van der Waals surface area contributed by atoms with Crippen LogP contribution in [0, 0.1) is 0 Å². The van der Waals surface area contributed by atoms with E-state index in [1.165, 1.54) is 0 Å². The van der Waals surface area contributed by atoms with Gasteiger partial charge in [-0.05, 0) is 43.5 Å². The van der Waals surface area contributed by atoms with Crippen molar-refractivity contribution in [1.82, 2.24) is 14.8 Å². The number of aromatic nitrogens is 1. The van der Waals surface area contributed by atoms with Gasteiger partial charge >= 0.3 is 6.03 Å². The summed E-state index contributed by atoms with van der Waals surface area (Å²) in [6.07, 6.45) is 9.22. The minimum Gasteiger partial charge on any atom is -0.347 e. The van der Waals surface area contributed by atoms with Crippen LogP contribution in [0.2, 0.25) is 0 Å². The Morgan fingerprint density at radius 3 is 2.84 bits per heavy atom. The fourth-order valence-corrected chi connectivity index (χ4v) is 2.97. The number of likely N-dealkylation sites (N-methyl/N-ethyl adjacent to an activating group) is 1. The lowest BCUT2D eigenvalue weighted by Crippen LogP contribution is -2.37. The number of anilines is 1. The van der Waals surface area contributed by atoms with Crippen LogP contribution >= 0.6 is 0 Å². The highest BCUT2D eigenvalue weighted by molar-refractivity contribution is 5.93. The number of allylic oxidation sites excluding steroid dienone is 1. The molecule has 0 saturated carbocycles. The van der Waals surface area contributed by atoms with Crippen LogP contribution in [0.3, 0.4) is 0 Å². The van der Waals surface area contributed by atoms with E-state index in [1.807, 2.05) is 41.1 Å². The van der Waals surface area contributed by atoms with Crippen molar-refractivity contribution in [3.8, 4) is 0 Å². The van der Waals surface area contributed by atoms with Gasteiger partial charge in [0.25, 0.3) is 0 Å². The maximum absolute atomic E-state index is 12.1. The van der Waals surface area contributed by atoms with E-state index >= 15 is 0 Å². The lowest BCUT2D eigenvalue weighted by molar-refractivity contribution is -0.129. The number of carbonyl (C=O) groups is 2. The van der Waals surface area contributed by atoms with Gasteiger partial charge in [-0.3, -0.25) is 4.79 Å². The zero-order valence-electron chi connectivity index (χ0n) is 14.7. The molecule has 3 rings (SSSR count). The molecule has 1 aromatic carbocycles. The number of nitrogens with zero attached hydrogens (tertiary/aromatic N) is 2. The number of hydrogen-bond donors (Lipinski definition) is 2. The number of rotatable bonds is 4. The molecular weight excluding hydrogens is 316 g/mol. The molecule has 0 saturated heterocycles. The van der Waals surface area contributed by atoms with Crippen LogP contribution in [0.25, 0.3) is 10.9 Å². The standard InChI is InChI=1S/C19H24N4O2/c1-22(2)18(24)13-23-11-10-14-12-16(8-9-17(14)23)21-19(25)20-15-6-4-3-5-7-15/h4,6,8-12,15H,3,5,7,13H2,1-2H3,(H2,20,21,25)/t15-/m1/s1. The summed E-state index contributed by atoms with van der Waals surface area (Å²) in [5, 5.41) is 6.84. The maximum atomic E-state index is 12.1. The van der Waals surface area contributed by atoms with E-state index in [4.69, 9.17) is 0 Å². The Labute approximate surface area is 147 Å².